The van der Waals surface area contributed by atoms with E-state index in [-0.39, 0.29) is 19.3 Å². The number of anilines is 5. The number of nitrogens with zero attached hydrogens (tertiary/aromatic N) is 6. The molecule has 2 aromatic heterocycles. The fourth-order valence-electron chi connectivity index (χ4n) is 5.72. The van der Waals surface area contributed by atoms with Gasteiger partial charge in [0.05, 0.1) is 31.1 Å². The van der Waals surface area contributed by atoms with Gasteiger partial charge in [-0.05, 0) is 36.6 Å². The second-order valence-corrected chi connectivity index (χ2v) is 10.2. The van der Waals surface area contributed by atoms with Gasteiger partial charge in [-0.25, -0.2) is 9.97 Å². The maximum Gasteiger partial charge on any atom is 0.238 e. The van der Waals surface area contributed by atoms with Crippen LogP contribution in [0.3, 0.4) is 0 Å². The highest BCUT2D eigenvalue weighted by atomic mass is 16.5. The monoisotopic (exact) mass is 529 g/mol. The maximum atomic E-state index is 12.5. The molecule has 202 valence electrons. The van der Waals surface area contributed by atoms with E-state index in [0.717, 1.165) is 55.1 Å². The first-order chi connectivity index (χ1) is 19.1. The first-order valence-corrected chi connectivity index (χ1v) is 13.5. The Labute approximate surface area is 227 Å². The average Bonchev–Trinajstić information content (AvgIpc) is 3.59. The molecule has 0 radical (unpaired) electrons. The molecule has 3 fully saturated rings. The van der Waals surface area contributed by atoms with Crippen LogP contribution in [0.4, 0.5) is 28.8 Å². The fourth-order valence-corrected chi connectivity index (χ4v) is 5.72. The van der Waals surface area contributed by atoms with Gasteiger partial charge in [-0.1, -0.05) is 12.1 Å². The van der Waals surface area contributed by atoms with Crippen molar-refractivity contribution in [3.8, 4) is 17.0 Å². The van der Waals surface area contributed by atoms with Crippen molar-refractivity contribution in [1.82, 2.24) is 15.0 Å². The van der Waals surface area contributed by atoms with Crippen LogP contribution in [0.5, 0.6) is 5.88 Å². The van der Waals surface area contributed by atoms with Gasteiger partial charge in [-0.3, -0.25) is 9.59 Å². The van der Waals surface area contributed by atoms with Gasteiger partial charge in [0.2, 0.25) is 23.6 Å². The van der Waals surface area contributed by atoms with Crippen molar-refractivity contribution in [3.63, 3.8) is 0 Å². The van der Waals surface area contributed by atoms with Crippen molar-refractivity contribution in [3.05, 3.63) is 42.7 Å². The van der Waals surface area contributed by atoms with Crippen molar-refractivity contribution >= 4 is 40.6 Å². The summed E-state index contributed by atoms with van der Waals surface area (Å²) < 4.78 is 11.4. The largest absolute Gasteiger partial charge is 0.474 e. The van der Waals surface area contributed by atoms with Gasteiger partial charge in [0, 0.05) is 51.4 Å². The van der Waals surface area contributed by atoms with Crippen LogP contribution in [0.25, 0.3) is 11.1 Å². The van der Waals surface area contributed by atoms with E-state index < -0.39 is 0 Å². The lowest BCUT2D eigenvalue weighted by Crippen LogP contribution is -2.40. The molecule has 6 heterocycles. The number of morpholine rings is 1. The minimum Gasteiger partial charge on any atom is -0.474 e. The molecule has 1 atom stereocenters. The number of nitrogens with one attached hydrogen (secondary N) is 1. The number of aromatic nitrogens is 3. The van der Waals surface area contributed by atoms with Gasteiger partial charge in [0.15, 0.2) is 0 Å². The molecule has 39 heavy (non-hydrogen) atoms. The SMILES string of the molecule is O=C1CCCN1c1ccc(-c2cnc(Nc3cnc4c(c3)N3C(=O)CC[C@H]3CO4)nc2N2CCOCC2)cc1.[HH]. The Morgan fingerprint density at radius 3 is 2.62 bits per heavy atom. The van der Waals surface area contributed by atoms with Crippen molar-refractivity contribution in [1.29, 1.82) is 0 Å². The standard InChI is InChI=1S/C28H29N7O4.H2/c36-24-2-1-9-34(24)20-5-3-18(4-6-20)22-16-30-28(32-26(22)33-10-12-38-13-11-33)31-19-14-23-27(29-15-19)39-17-21-7-8-25(37)35(21)23;/h3-6,14-16,21H,1-2,7-13,17H2,(H,30,31,32);1H/t21-;/m0./s1. The van der Waals surface area contributed by atoms with Crippen LogP contribution in [-0.2, 0) is 14.3 Å². The second-order valence-electron chi connectivity index (χ2n) is 10.2. The summed E-state index contributed by atoms with van der Waals surface area (Å²) in [5.41, 5.74) is 4.16. The molecule has 7 rings (SSSR count). The van der Waals surface area contributed by atoms with Crippen LogP contribution >= 0.6 is 0 Å². The van der Waals surface area contributed by atoms with Crippen LogP contribution in [0.1, 0.15) is 27.1 Å². The van der Waals surface area contributed by atoms with Crippen LogP contribution in [0, 0.1) is 0 Å². The highest BCUT2D eigenvalue weighted by molar-refractivity contribution is 5.98. The van der Waals surface area contributed by atoms with Gasteiger partial charge in [0.1, 0.15) is 18.1 Å². The summed E-state index contributed by atoms with van der Waals surface area (Å²) in [6, 6.07) is 9.95. The summed E-state index contributed by atoms with van der Waals surface area (Å²) in [5.74, 6) is 1.98. The first kappa shape index (κ1) is 23.8. The lowest BCUT2D eigenvalue weighted by Gasteiger charge is -2.31. The van der Waals surface area contributed by atoms with Crippen LogP contribution in [0.2, 0.25) is 0 Å². The molecule has 3 aromatic rings. The molecule has 2 amide bonds. The molecule has 0 spiro atoms. The smallest absolute Gasteiger partial charge is 0.238 e. The predicted octanol–water partition coefficient (Wildman–Crippen LogP) is 3.38. The van der Waals surface area contributed by atoms with Gasteiger partial charge >= 0.3 is 0 Å². The average molecular weight is 530 g/mol. The topological polar surface area (TPSA) is 113 Å². The number of hydrogen-bond donors (Lipinski definition) is 1. The lowest BCUT2D eigenvalue weighted by molar-refractivity contribution is -0.118. The highest BCUT2D eigenvalue weighted by Crippen LogP contribution is 2.39. The quantitative estimate of drug-likeness (QED) is 0.531. The number of rotatable bonds is 5. The minimum atomic E-state index is 0. The Balaban J connectivity index is 0.00000289. The van der Waals surface area contributed by atoms with E-state index in [4.69, 9.17) is 14.5 Å². The number of carbonyl (C=O) groups is 2. The predicted molar refractivity (Wildman–Crippen MR) is 148 cm³/mol. The van der Waals surface area contributed by atoms with Crippen molar-refractivity contribution in [2.75, 3.05) is 59.5 Å². The molecular formula is C28H31N7O4. The highest BCUT2D eigenvalue weighted by Gasteiger charge is 2.38. The maximum absolute atomic E-state index is 12.5. The summed E-state index contributed by atoms with van der Waals surface area (Å²) in [6.07, 6.45) is 6.31. The summed E-state index contributed by atoms with van der Waals surface area (Å²) in [6.45, 7) is 3.93. The van der Waals surface area contributed by atoms with E-state index >= 15 is 0 Å². The Bertz CT molecular complexity index is 1430. The van der Waals surface area contributed by atoms with Gasteiger partial charge in [-0.2, -0.15) is 4.98 Å². The van der Waals surface area contributed by atoms with Crippen molar-refractivity contribution in [2.45, 2.75) is 31.7 Å². The van der Waals surface area contributed by atoms with E-state index in [1.54, 1.807) is 11.1 Å². The van der Waals surface area contributed by atoms with Crippen LogP contribution in [0.15, 0.2) is 42.7 Å². The molecule has 0 aliphatic carbocycles. The molecule has 11 heteroatoms. The Morgan fingerprint density at radius 2 is 1.82 bits per heavy atom. The zero-order chi connectivity index (χ0) is 26.3. The number of hydrogen-bond acceptors (Lipinski definition) is 9. The fraction of sp³-hybridized carbons (Fsp3) is 0.393. The third kappa shape index (κ3) is 4.42. The molecule has 0 bridgehead atoms. The molecule has 4 aliphatic heterocycles. The van der Waals surface area contributed by atoms with E-state index in [2.05, 4.69) is 20.2 Å². The third-order valence-corrected chi connectivity index (χ3v) is 7.73. The Morgan fingerprint density at radius 1 is 0.974 bits per heavy atom. The van der Waals surface area contributed by atoms with Gasteiger partial charge in [-0.15, -0.1) is 0 Å². The van der Waals surface area contributed by atoms with Gasteiger partial charge in [0.25, 0.3) is 0 Å². The second kappa shape index (κ2) is 9.81. The van der Waals surface area contributed by atoms with Crippen molar-refractivity contribution < 1.29 is 20.5 Å². The van der Waals surface area contributed by atoms with E-state index in [1.165, 1.54) is 0 Å². The summed E-state index contributed by atoms with van der Waals surface area (Å²) in [4.78, 5) is 44.5. The molecule has 11 nitrogen and oxygen atoms in total. The molecule has 3 saturated heterocycles. The minimum absolute atomic E-state index is 0. The number of amides is 2. The van der Waals surface area contributed by atoms with E-state index in [0.29, 0.717) is 55.9 Å². The van der Waals surface area contributed by atoms with E-state index in [9.17, 15) is 9.59 Å². The third-order valence-electron chi connectivity index (χ3n) is 7.73. The lowest BCUT2D eigenvalue weighted by atomic mass is 10.1. The molecule has 1 N–H and O–H groups in total. The first-order valence-electron chi connectivity index (χ1n) is 13.5. The molecule has 1 aromatic carbocycles. The van der Waals surface area contributed by atoms with Crippen LogP contribution < -0.4 is 24.8 Å². The Kier molecular flexibility index (Phi) is 5.99. The van der Waals surface area contributed by atoms with E-state index in [1.807, 2.05) is 41.4 Å². The molecular weight excluding hydrogens is 498 g/mol. The van der Waals surface area contributed by atoms with Crippen LogP contribution in [-0.4, -0.2) is 72.3 Å². The molecule has 0 unspecified atom stereocenters. The number of pyridine rings is 1. The summed E-state index contributed by atoms with van der Waals surface area (Å²) >= 11 is 0. The normalized spacial score (nSPS) is 20.6. The number of carbonyl (C=O) groups excluding carboxylic acids is 2. The number of fused-ring (bicyclic) bond motifs is 3. The Hall–Kier alpha value is -4.25. The number of benzene rings is 1. The summed E-state index contributed by atoms with van der Waals surface area (Å²) in [5, 5.41) is 3.28. The zero-order valence-electron chi connectivity index (χ0n) is 21.5. The molecule has 0 saturated carbocycles. The van der Waals surface area contributed by atoms with Gasteiger partial charge < -0.3 is 29.5 Å². The molecule has 4 aliphatic rings. The summed E-state index contributed by atoms with van der Waals surface area (Å²) in [7, 11) is 0. The number of ether oxygens (including phenoxy) is 2. The zero-order valence-corrected chi connectivity index (χ0v) is 21.5. The van der Waals surface area contributed by atoms with Crippen molar-refractivity contribution in [2.24, 2.45) is 0 Å².